The number of rotatable bonds is 9. The van der Waals surface area contributed by atoms with E-state index in [1.807, 2.05) is 54.4 Å². The Morgan fingerprint density at radius 2 is 1.63 bits per heavy atom. The van der Waals surface area contributed by atoms with E-state index in [9.17, 15) is 9.18 Å². The quantitative estimate of drug-likeness (QED) is 0.254. The fraction of sp³-hybridized carbons (Fsp3) is 0.300. The third-order valence-corrected chi connectivity index (χ3v) is 6.93. The van der Waals surface area contributed by atoms with Crippen LogP contribution in [0.5, 0.6) is 0 Å². The van der Waals surface area contributed by atoms with Gasteiger partial charge in [0.2, 0.25) is 0 Å². The van der Waals surface area contributed by atoms with Gasteiger partial charge in [0, 0.05) is 48.8 Å². The molecule has 180 valence electrons. The first-order chi connectivity index (χ1) is 17.1. The van der Waals surface area contributed by atoms with Crippen LogP contribution in [0.2, 0.25) is 0 Å². The lowest BCUT2D eigenvalue weighted by molar-refractivity contribution is 0.0709. The molecule has 1 aromatic heterocycles. The zero-order chi connectivity index (χ0) is 24.4. The minimum Gasteiger partial charge on any atom is -0.381 e. The van der Waals surface area contributed by atoms with E-state index in [0.29, 0.717) is 13.2 Å². The number of amides is 1. The number of nitrogens with zero attached hydrogens (tertiary/aromatic N) is 2. The van der Waals surface area contributed by atoms with Crippen molar-refractivity contribution >= 4 is 16.8 Å². The van der Waals surface area contributed by atoms with Gasteiger partial charge in [0.1, 0.15) is 5.82 Å². The van der Waals surface area contributed by atoms with Crippen LogP contribution in [0.25, 0.3) is 22.2 Å². The standard InChI is InChI=1S/C30H31FN2O2/c1-3-4-19-35-20-9-18-33-29(23-10-5-6-11-24(23)30(33)34)27-25-12-7-8-13-26(25)32(2)28(27)21-14-16-22(31)17-15-21/h5-8,10-17,29H,3-4,9,18-20H2,1-2H3. The maximum absolute atomic E-state index is 13.8. The number of carbonyl (C=O) groups is 1. The number of para-hydroxylation sites is 1. The highest BCUT2D eigenvalue weighted by molar-refractivity contribution is 6.02. The number of unbranched alkanes of at least 4 members (excludes halogenated alkanes) is 1. The van der Waals surface area contributed by atoms with Crippen molar-refractivity contribution in [1.82, 2.24) is 9.47 Å². The van der Waals surface area contributed by atoms with Crippen LogP contribution in [0.3, 0.4) is 0 Å². The van der Waals surface area contributed by atoms with E-state index >= 15 is 0 Å². The Morgan fingerprint density at radius 1 is 0.914 bits per heavy atom. The van der Waals surface area contributed by atoms with Crippen molar-refractivity contribution in [3.05, 3.63) is 95.3 Å². The van der Waals surface area contributed by atoms with Crippen molar-refractivity contribution in [2.45, 2.75) is 32.2 Å². The van der Waals surface area contributed by atoms with E-state index in [-0.39, 0.29) is 17.8 Å². The summed E-state index contributed by atoms with van der Waals surface area (Å²) in [4.78, 5) is 15.6. The van der Waals surface area contributed by atoms with Crippen LogP contribution in [0, 0.1) is 5.82 Å². The summed E-state index contributed by atoms with van der Waals surface area (Å²) < 4.78 is 21.7. The number of hydrogen-bond donors (Lipinski definition) is 0. The van der Waals surface area contributed by atoms with Crippen LogP contribution in [-0.4, -0.2) is 35.1 Å². The molecule has 4 nitrogen and oxygen atoms in total. The van der Waals surface area contributed by atoms with Crippen LogP contribution in [0.1, 0.15) is 53.7 Å². The van der Waals surface area contributed by atoms with Gasteiger partial charge in [-0.25, -0.2) is 4.39 Å². The first kappa shape index (κ1) is 23.3. The number of aromatic nitrogens is 1. The van der Waals surface area contributed by atoms with Crippen molar-refractivity contribution in [2.75, 3.05) is 19.8 Å². The van der Waals surface area contributed by atoms with E-state index in [1.165, 1.54) is 12.1 Å². The second-order valence-corrected chi connectivity index (χ2v) is 9.15. The highest BCUT2D eigenvalue weighted by Gasteiger charge is 2.40. The molecule has 35 heavy (non-hydrogen) atoms. The number of fused-ring (bicyclic) bond motifs is 2. The average Bonchev–Trinajstić information content (AvgIpc) is 3.33. The van der Waals surface area contributed by atoms with Crippen LogP contribution in [-0.2, 0) is 11.8 Å². The first-order valence-electron chi connectivity index (χ1n) is 12.4. The van der Waals surface area contributed by atoms with Crippen LogP contribution in [0.4, 0.5) is 4.39 Å². The van der Waals surface area contributed by atoms with Gasteiger partial charge in [0.25, 0.3) is 5.91 Å². The Bertz CT molecular complexity index is 1340. The van der Waals surface area contributed by atoms with Gasteiger partial charge in [-0.15, -0.1) is 0 Å². The van der Waals surface area contributed by atoms with E-state index in [1.54, 1.807) is 0 Å². The largest absolute Gasteiger partial charge is 0.381 e. The summed E-state index contributed by atoms with van der Waals surface area (Å²) in [7, 11) is 2.04. The summed E-state index contributed by atoms with van der Waals surface area (Å²) in [5.74, 6) is -0.211. The Balaban J connectivity index is 1.62. The minimum absolute atomic E-state index is 0.0529. The molecular weight excluding hydrogens is 439 g/mol. The molecule has 2 heterocycles. The number of hydrogen-bond acceptors (Lipinski definition) is 2. The van der Waals surface area contributed by atoms with Crippen molar-refractivity contribution in [3.8, 4) is 11.3 Å². The summed E-state index contributed by atoms with van der Waals surface area (Å²) >= 11 is 0. The maximum Gasteiger partial charge on any atom is 0.255 e. The molecule has 0 aliphatic carbocycles. The third-order valence-electron chi connectivity index (χ3n) is 6.93. The van der Waals surface area contributed by atoms with Crippen LogP contribution in [0.15, 0.2) is 72.8 Å². The summed E-state index contributed by atoms with van der Waals surface area (Å²) in [6.07, 6.45) is 2.93. The van der Waals surface area contributed by atoms with E-state index < -0.39 is 0 Å². The molecule has 0 bridgehead atoms. The van der Waals surface area contributed by atoms with Gasteiger partial charge in [-0.2, -0.15) is 0 Å². The van der Waals surface area contributed by atoms with Gasteiger partial charge in [0.05, 0.1) is 11.7 Å². The molecule has 3 aromatic carbocycles. The maximum atomic E-state index is 13.8. The van der Waals surface area contributed by atoms with Crippen molar-refractivity contribution in [2.24, 2.45) is 7.05 Å². The topological polar surface area (TPSA) is 34.5 Å². The van der Waals surface area contributed by atoms with Crippen molar-refractivity contribution < 1.29 is 13.9 Å². The van der Waals surface area contributed by atoms with Gasteiger partial charge >= 0.3 is 0 Å². The number of halogens is 1. The normalized spacial score (nSPS) is 15.2. The van der Waals surface area contributed by atoms with Crippen LogP contribution < -0.4 is 0 Å². The molecule has 5 heteroatoms. The lowest BCUT2D eigenvalue weighted by Crippen LogP contribution is -2.30. The molecule has 5 rings (SSSR count). The van der Waals surface area contributed by atoms with E-state index in [2.05, 4.69) is 29.7 Å². The highest BCUT2D eigenvalue weighted by atomic mass is 19.1. The molecular formula is C30H31FN2O2. The van der Waals surface area contributed by atoms with Crippen LogP contribution >= 0.6 is 0 Å². The predicted octanol–water partition coefficient (Wildman–Crippen LogP) is 6.74. The number of carbonyl (C=O) groups excluding carboxylic acids is 1. The molecule has 1 unspecified atom stereocenters. The van der Waals surface area contributed by atoms with E-state index in [4.69, 9.17) is 4.74 Å². The summed E-state index contributed by atoms with van der Waals surface area (Å²) in [5, 5.41) is 1.10. The second kappa shape index (κ2) is 10.0. The van der Waals surface area contributed by atoms with E-state index in [0.717, 1.165) is 64.7 Å². The fourth-order valence-corrected chi connectivity index (χ4v) is 5.25. The van der Waals surface area contributed by atoms with Gasteiger partial charge in [-0.1, -0.05) is 49.7 Å². The lowest BCUT2D eigenvalue weighted by atomic mass is 9.93. The Hall–Kier alpha value is -3.44. The van der Waals surface area contributed by atoms with Gasteiger partial charge < -0.3 is 14.2 Å². The van der Waals surface area contributed by atoms with Crippen molar-refractivity contribution in [3.63, 3.8) is 0 Å². The molecule has 0 radical (unpaired) electrons. The predicted molar refractivity (Wildman–Crippen MR) is 138 cm³/mol. The zero-order valence-corrected chi connectivity index (χ0v) is 20.3. The Morgan fingerprint density at radius 3 is 2.43 bits per heavy atom. The SMILES string of the molecule is CCCCOCCCN1C(=O)c2ccccc2C1c1c(-c2ccc(F)cc2)n(C)c2ccccc12. The number of ether oxygens (including phenoxy) is 1. The molecule has 1 aliphatic heterocycles. The summed E-state index contributed by atoms with van der Waals surface area (Å²) in [6, 6.07) is 22.6. The Labute approximate surface area is 205 Å². The molecule has 0 saturated heterocycles. The Kier molecular flexibility index (Phi) is 6.69. The van der Waals surface area contributed by atoms with Gasteiger partial charge in [0.15, 0.2) is 0 Å². The molecule has 0 N–H and O–H groups in total. The average molecular weight is 471 g/mol. The second-order valence-electron chi connectivity index (χ2n) is 9.15. The number of benzene rings is 3. The fourth-order valence-electron chi connectivity index (χ4n) is 5.25. The van der Waals surface area contributed by atoms with Gasteiger partial charge in [-0.3, -0.25) is 4.79 Å². The third kappa shape index (κ3) is 4.25. The lowest BCUT2D eigenvalue weighted by Gasteiger charge is -2.27. The summed E-state index contributed by atoms with van der Waals surface area (Å²) in [5.41, 5.74) is 5.87. The molecule has 1 aliphatic rings. The smallest absolute Gasteiger partial charge is 0.255 e. The minimum atomic E-state index is -0.264. The van der Waals surface area contributed by atoms with Crippen molar-refractivity contribution in [1.29, 1.82) is 0 Å². The molecule has 0 spiro atoms. The number of aryl methyl sites for hydroxylation is 1. The molecule has 0 fully saturated rings. The molecule has 1 atom stereocenters. The molecule has 0 saturated carbocycles. The summed E-state index contributed by atoms with van der Waals surface area (Å²) in [6.45, 7) is 4.15. The molecule has 1 amide bonds. The first-order valence-corrected chi connectivity index (χ1v) is 12.4. The zero-order valence-electron chi connectivity index (χ0n) is 20.3. The van der Waals surface area contributed by atoms with Gasteiger partial charge in [-0.05, 0) is 60.4 Å². The monoisotopic (exact) mass is 470 g/mol. The highest BCUT2D eigenvalue weighted by Crippen LogP contribution is 2.46. The molecule has 4 aromatic rings.